The van der Waals surface area contributed by atoms with Gasteiger partial charge >= 0.3 is 6.09 Å². The van der Waals surface area contributed by atoms with Crippen LogP contribution in [0.5, 0.6) is 0 Å². The van der Waals surface area contributed by atoms with Gasteiger partial charge in [-0.1, -0.05) is 12.1 Å². The topological polar surface area (TPSA) is 72.3 Å². The number of rotatable bonds is 5. The Kier molecular flexibility index (Phi) is 6.39. The first-order chi connectivity index (χ1) is 15.0. The molecule has 0 bridgehead atoms. The first-order valence-corrected chi connectivity index (χ1v) is 11.3. The Labute approximate surface area is 196 Å². The molecule has 1 spiro atoms. The van der Waals surface area contributed by atoms with Crippen LogP contribution in [0.2, 0.25) is 0 Å². The molecule has 3 heterocycles. The van der Waals surface area contributed by atoms with Crippen LogP contribution in [0.15, 0.2) is 42.6 Å². The summed E-state index contributed by atoms with van der Waals surface area (Å²) in [6.45, 7) is 3.31. The summed E-state index contributed by atoms with van der Waals surface area (Å²) in [7, 11) is 0. The summed E-state index contributed by atoms with van der Waals surface area (Å²) in [4.78, 5) is 14.1. The molecule has 2 aliphatic rings. The minimum atomic E-state index is -0.391. The molecular weight excluding hydrogens is 453 g/mol. The molecule has 1 amide bonds. The van der Waals surface area contributed by atoms with Gasteiger partial charge in [-0.05, 0) is 68.3 Å². The smallest absolute Gasteiger partial charge is 0.415 e. The van der Waals surface area contributed by atoms with Crippen LogP contribution in [0.1, 0.15) is 31.4 Å². The van der Waals surface area contributed by atoms with Crippen LogP contribution < -0.4 is 10.2 Å². The second-order valence-electron chi connectivity index (χ2n) is 8.36. The first kappa shape index (κ1) is 22.5. The monoisotopic (exact) mass is 477 g/mol. The standard InChI is InChI=1S/C22H24FN5O2S.ClH/c1-15-12-20(31-26-15)27-14-22(30-21(27)29)9-6-16(7-10-22)13-24-19-8-11-28(25-19)18-5-3-2-4-17(18)23;/h2-5,8,11-12,16H,6-7,9-10,13-14H2,1H3,(H,24,25);1H. The van der Waals surface area contributed by atoms with E-state index in [0.717, 1.165) is 48.7 Å². The van der Waals surface area contributed by atoms with E-state index in [4.69, 9.17) is 4.74 Å². The molecule has 1 saturated heterocycles. The number of benzene rings is 1. The number of nitrogens with one attached hydrogen (secondary N) is 1. The summed E-state index contributed by atoms with van der Waals surface area (Å²) in [6.07, 6.45) is 5.14. The largest absolute Gasteiger partial charge is 0.441 e. The molecule has 32 heavy (non-hydrogen) atoms. The molecule has 1 aliphatic heterocycles. The lowest BCUT2D eigenvalue weighted by Gasteiger charge is -2.35. The van der Waals surface area contributed by atoms with Crippen LogP contribution in [0.3, 0.4) is 0 Å². The SMILES string of the molecule is Cc1cc(N2CC3(CCC(CNc4ccn(-c5ccccc5F)n4)CC3)OC2=O)sn1.Cl. The third kappa shape index (κ3) is 4.45. The van der Waals surface area contributed by atoms with Crippen molar-refractivity contribution in [3.63, 3.8) is 0 Å². The van der Waals surface area contributed by atoms with Gasteiger partial charge in [-0.25, -0.2) is 13.9 Å². The van der Waals surface area contributed by atoms with Crippen LogP contribution in [0.4, 0.5) is 20.0 Å². The van der Waals surface area contributed by atoms with Crippen LogP contribution in [-0.2, 0) is 4.74 Å². The molecule has 0 radical (unpaired) electrons. The zero-order chi connectivity index (χ0) is 21.4. The van der Waals surface area contributed by atoms with Gasteiger partial charge in [0.15, 0.2) is 0 Å². The Balaban J connectivity index is 0.00000245. The van der Waals surface area contributed by atoms with Crippen LogP contribution >= 0.6 is 23.9 Å². The lowest BCUT2D eigenvalue weighted by Crippen LogP contribution is -2.39. The number of hydrogen-bond donors (Lipinski definition) is 1. The van der Waals surface area contributed by atoms with E-state index < -0.39 is 5.60 Å². The zero-order valence-electron chi connectivity index (χ0n) is 17.7. The van der Waals surface area contributed by atoms with E-state index in [1.165, 1.54) is 17.6 Å². The highest BCUT2D eigenvalue weighted by Gasteiger charge is 2.48. The van der Waals surface area contributed by atoms with Crippen molar-refractivity contribution in [2.24, 2.45) is 5.92 Å². The minimum absolute atomic E-state index is 0. The highest BCUT2D eigenvalue weighted by atomic mass is 35.5. The van der Waals surface area contributed by atoms with Gasteiger partial charge in [0, 0.05) is 18.8 Å². The van der Waals surface area contributed by atoms with Crippen LogP contribution in [0, 0.1) is 18.7 Å². The summed E-state index contributed by atoms with van der Waals surface area (Å²) in [5, 5.41) is 8.66. The van der Waals surface area contributed by atoms with E-state index in [9.17, 15) is 9.18 Å². The molecule has 0 atom stereocenters. The number of carbonyl (C=O) groups excluding carboxylic acids is 1. The van der Waals surface area contributed by atoms with E-state index in [1.54, 1.807) is 34.0 Å². The molecule has 0 unspecified atom stereocenters. The summed E-state index contributed by atoms with van der Waals surface area (Å²) >= 11 is 1.34. The van der Waals surface area contributed by atoms with Crippen molar-refractivity contribution in [1.29, 1.82) is 0 Å². The number of carbonyl (C=O) groups is 1. The fraction of sp³-hybridized carbons (Fsp3) is 0.409. The fourth-order valence-corrected chi connectivity index (χ4v) is 5.13. The van der Waals surface area contributed by atoms with Gasteiger partial charge in [0.1, 0.15) is 27.9 Å². The average Bonchev–Trinajstić information content (AvgIpc) is 3.48. The highest BCUT2D eigenvalue weighted by molar-refractivity contribution is 7.10. The Morgan fingerprint density at radius 1 is 1.28 bits per heavy atom. The molecule has 3 aromatic rings. The Hall–Kier alpha value is -2.65. The normalized spacial score (nSPS) is 22.6. The zero-order valence-corrected chi connectivity index (χ0v) is 19.3. The van der Waals surface area contributed by atoms with Gasteiger partial charge < -0.3 is 10.1 Å². The number of para-hydroxylation sites is 1. The summed E-state index contributed by atoms with van der Waals surface area (Å²) in [5.41, 5.74) is 0.956. The molecule has 1 aromatic carbocycles. The third-order valence-electron chi connectivity index (χ3n) is 6.13. The number of nitrogens with zero attached hydrogens (tertiary/aromatic N) is 4. The molecule has 2 fully saturated rings. The van der Waals surface area contributed by atoms with Crippen molar-refractivity contribution < 1.29 is 13.9 Å². The van der Waals surface area contributed by atoms with Gasteiger partial charge in [0.25, 0.3) is 0 Å². The van der Waals surface area contributed by atoms with Crippen molar-refractivity contribution in [2.45, 2.75) is 38.2 Å². The maximum Gasteiger partial charge on any atom is 0.415 e. The predicted octanol–water partition coefficient (Wildman–Crippen LogP) is 5.20. The number of ether oxygens (including phenoxy) is 1. The molecule has 7 nitrogen and oxygen atoms in total. The van der Waals surface area contributed by atoms with Gasteiger partial charge in [0.05, 0.1) is 12.2 Å². The van der Waals surface area contributed by atoms with Gasteiger partial charge in [-0.3, -0.25) is 4.90 Å². The lowest BCUT2D eigenvalue weighted by atomic mass is 9.78. The second-order valence-corrected chi connectivity index (χ2v) is 9.15. The Morgan fingerprint density at radius 2 is 2.06 bits per heavy atom. The minimum Gasteiger partial charge on any atom is -0.441 e. The molecule has 10 heteroatoms. The van der Waals surface area contributed by atoms with Crippen molar-refractivity contribution in [3.8, 4) is 5.69 Å². The van der Waals surface area contributed by atoms with Crippen molar-refractivity contribution >= 4 is 40.9 Å². The molecule has 1 saturated carbocycles. The van der Waals surface area contributed by atoms with Crippen LogP contribution in [0.25, 0.3) is 5.69 Å². The van der Waals surface area contributed by atoms with Crippen LogP contribution in [-0.4, -0.2) is 38.9 Å². The molecule has 2 aromatic heterocycles. The maximum absolute atomic E-state index is 13.9. The summed E-state index contributed by atoms with van der Waals surface area (Å²) in [6, 6.07) is 10.4. The summed E-state index contributed by atoms with van der Waals surface area (Å²) in [5.74, 6) is 0.897. The first-order valence-electron chi connectivity index (χ1n) is 10.5. The number of aryl methyl sites for hydroxylation is 1. The number of aromatic nitrogens is 3. The van der Waals surface area contributed by atoms with Gasteiger partial charge in [-0.2, -0.15) is 9.47 Å². The van der Waals surface area contributed by atoms with Crippen molar-refractivity contribution in [1.82, 2.24) is 14.2 Å². The van der Waals surface area contributed by atoms with E-state index in [1.807, 2.05) is 19.1 Å². The van der Waals surface area contributed by atoms with E-state index in [2.05, 4.69) is 14.8 Å². The Bertz CT molecular complexity index is 1100. The fourth-order valence-electron chi connectivity index (χ4n) is 4.38. The molecule has 170 valence electrons. The molecule has 1 N–H and O–H groups in total. The number of amides is 1. The lowest BCUT2D eigenvalue weighted by molar-refractivity contribution is 0.0148. The highest BCUT2D eigenvalue weighted by Crippen LogP contribution is 2.41. The van der Waals surface area contributed by atoms with E-state index >= 15 is 0 Å². The van der Waals surface area contributed by atoms with E-state index in [0.29, 0.717) is 18.2 Å². The molecule has 5 rings (SSSR count). The van der Waals surface area contributed by atoms with Gasteiger partial charge in [-0.15, -0.1) is 12.4 Å². The molecular formula is C22H25ClFN5O2S. The number of halogens is 2. The molecule has 1 aliphatic carbocycles. The summed E-state index contributed by atoms with van der Waals surface area (Å²) < 4.78 is 25.6. The predicted molar refractivity (Wildman–Crippen MR) is 125 cm³/mol. The van der Waals surface area contributed by atoms with E-state index in [-0.39, 0.29) is 24.3 Å². The number of hydrogen-bond acceptors (Lipinski definition) is 6. The maximum atomic E-state index is 13.9. The average molecular weight is 478 g/mol. The Morgan fingerprint density at radius 3 is 2.78 bits per heavy atom. The quantitative estimate of drug-likeness (QED) is 0.547. The third-order valence-corrected chi connectivity index (χ3v) is 7.03. The van der Waals surface area contributed by atoms with Gasteiger partial charge in [0.2, 0.25) is 0 Å². The second kappa shape index (κ2) is 9.07. The van der Waals surface area contributed by atoms with Crippen molar-refractivity contribution in [3.05, 3.63) is 54.1 Å². The number of anilines is 2. The van der Waals surface area contributed by atoms with Crippen molar-refractivity contribution in [2.75, 3.05) is 23.3 Å².